The van der Waals surface area contributed by atoms with Crippen molar-refractivity contribution in [2.24, 2.45) is 0 Å². The molecule has 0 spiro atoms. The lowest BCUT2D eigenvalue weighted by Crippen LogP contribution is -1.94. The summed E-state index contributed by atoms with van der Waals surface area (Å²) in [6.07, 6.45) is 0. The number of hydrogen-bond acceptors (Lipinski definition) is 4. The first kappa shape index (κ1) is 10.1. The molecule has 0 amide bonds. The molecule has 0 bridgehead atoms. The van der Waals surface area contributed by atoms with Crippen molar-refractivity contribution in [3.8, 4) is 10.6 Å². The molecule has 3 aromatic rings. The van der Waals surface area contributed by atoms with Gasteiger partial charge in [-0.05, 0) is 30.3 Å². The van der Waals surface area contributed by atoms with Crippen LogP contribution in [0.5, 0.6) is 0 Å². The van der Waals surface area contributed by atoms with E-state index in [0.717, 1.165) is 16.1 Å². The number of nitrogen functional groups attached to an aromatic ring is 2. The number of nitrogens with two attached hydrogens (primary N) is 2. The molecule has 0 aliphatic carbocycles. The third-order valence-electron chi connectivity index (χ3n) is 2.63. The molecule has 4 N–H and O–H groups in total. The lowest BCUT2D eigenvalue weighted by atomic mass is 10.2. The van der Waals surface area contributed by atoms with Gasteiger partial charge in [0, 0.05) is 5.56 Å². The van der Waals surface area contributed by atoms with E-state index in [-0.39, 0.29) is 0 Å². The van der Waals surface area contributed by atoms with Crippen LogP contribution in [0.3, 0.4) is 0 Å². The van der Waals surface area contributed by atoms with E-state index in [1.165, 1.54) is 4.70 Å². The molecule has 84 valence electrons. The van der Waals surface area contributed by atoms with Crippen molar-refractivity contribution in [3.63, 3.8) is 0 Å². The quantitative estimate of drug-likeness (QED) is 0.643. The average Bonchev–Trinajstić information content (AvgIpc) is 2.76. The van der Waals surface area contributed by atoms with Crippen molar-refractivity contribution < 1.29 is 0 Å². The second-order valence-electron chi connectivity index (χ2n) is 3.83. The summed E-state index contributed by atoms with van der Waals surface area (Å²) in [5, 5.41) is 0.970. The summed E-state index contributed by atoms with van der Waals surface area (Å²) in [5.41, 5.74) is 14.7. The van der Waals surface area contributed by atoms with E-state index in [0.29, 0.717) is 11.4 Å². The Kier molecular flexibility index (Phi) is 2.23. The third-order valence-corrected chi connectivity index (χ3v) is 3.71. The highest BCUT2D eigenvalue weighted by molar-refractivity contribution is 7.21. The largest absolute Gasteiger partial charge is 0.397 e. The fraction of sp³-hybridized carbons (Fsp3) is 0. The van der Waals surface area contributed by atoms with Crippen molar-refractivity contribution in [2.75, 3.05) is 11.5 Å². The van der Waals surface area contributed by atoms with Gasteiger partial charge in [-0.1, -0.05) is 12.1 Å². The standard InChI is InChI=1S/C13H11N3S/c14-9-6-5-8(7-10(9)15)13-16-11-3-1-2-4-12(11)17-13/h1-7H,14-15H2. The molecule has 0 aliphatic heterocycles. The Morgan fingerprint density at radius 3 is 2.53 bits per heavy atom. The molecule has 0 radical (unpaired) electrons. The van der Waals surface area contributed by atoms with Gasteiger partial charge in [0.15, 0.2) is 0 Å². The molecule has 3 nitrogen and oxygen atoms in total. The smallest absolute Gasteiger partial charge is 0.124 e. The molecule has 0 saturated heterocycles. The Morgan fingerprint density at radius 1 is 0.941 bits per heavy atom. The Hall–Kier alpha value is -2.07. The maximum atomic E-state index is 5.80. The Balaban J connectivity index is 2.17. The molecule has 4 heteroatoms. The fourth-order valence-corrected chi connectivity index (χ4v) is 2.67. The number of fused-ring (bicyclic) bond motifs is 1. The second-order valence-corrected chi connectivity index (χ2v) is 4.86. The highest BCUT2D eigenvalue weighted by atomic mass is 32.1. The predicted octanol–water partition coefficient (Wildman–Crippen LogP) is 3.13. The van der Waals surface area contributed by atoms with Crippen LogP contribution >= 0.6 is 11.3 Å². The van der Waals surface area contributed by atoms with Crippen molar-refractivity contribution >= 4 is 32.9 Å². The second kappa shape index (κ2) is 3.75. The van der Waals surface area contributed by atoms with Crippen LogP contribution in [0.2, 0.25) is 0 Å². The molecular formula is C13H11N3S. The van der Waals surface area contributed by atoms with Crippen LogP contribution < -0.4 is 11.5 Å². The topological polar surface area (TPSA) is 64.9 Å². The molecule has 3 rings (SSSR count). The maximum absolute atomic E-state index is 5.80. The summed E-state index contributed by atoms with van der Waals surface area (Å²) >= 11 is 1.66. The van der Waals surface area contributed by atoms with Gasteiger partial charge in [0.1, 0.15) is 5.01 Å². The SMILES string of the molecule is Nc1ccc(-c2nc3ccccc3s2)cc1N. The van der Waals surface area contributed by atoms with Crippen LogP contribution in [-0.2, 0) is 0 Å². The Morgan fingerprint density at radius 2 is 1.76 bits per heavy atom. The molecule has 1 heterocycles. The minimum Gasteiger partial charge on any atom is -0.397 e. The van der Waals surface area contributed by atoms with E-state index < -0.39 is 0 Å². The summed E-state index contributed by atoms with van der Waals surface area (Å²) in [6, 6.07) is 13.7. The first-order valence-electron chi connectivity index (χ1n) is 5.25. The number of aromatic nitrogens is 1. The van der Waals surface area contributed by atoms with Crippen LogP contribution in [0, 0.1) is 0 Å². The minimum absolute atomic E-state index is 0.599. The van der Waals surface area contributed by atoms with Crippen LogP contribution in [-0.4, -0.2) is 4.98 Å². The highest BCUT2D eigenvalue weighted by Crippen LogP contribution is 2.31. The summed E-state index contributed by atoms with van der Waals surface area (Å²) < 4.78 is 1.18. The van der Waals surface area contributed by atoms with Crippen molar-refractivity contribution in [2.45, 2.75) is 0 Å². The molecule has 0 atom stereocenters. The van der Waals surface area contributed by atoms with Crippen molar-refractivity contribution in [3.05, 3.63) is 42.5 Å². The van der Waals surface area contributed by atoms with E-state index in [4.69, 9.17) is 11.5 Å². The summed E-state index contributed by atoms with van der Waals surface area (Å²) in [5.74, 6) is 0. The number of rotatable bonds is 1. The number of para-hydroxylation sites is 1. The van der Waals surface area contributed by atoms with Gasteiger partial charge in [0.05, 0.1) is 21.6 Å². The molecule has 0 aliphatic rings. The van der Waals surface area contributed by atoms with Crippen molar-refractivity contribution in [1.29, 1.82) is 0 Å². The highest BCUT2D eigenvalue weighted by Gasteiger charge is 2.06. The molecule has 2 aromatic carbocycles. The van der Waals surface area contributed by atoms with Gasteiger partial charge >= 0.3 is 0 Å². The molecule has 17 heavy (non-hydrogen) atoms. The summed E-state index contributed by atoms with van der Waals surface area (Å²) in [7, 11) is 0. The van der Waals surface area contributed by atoms with Gasteiger partial charge < -0.3 is 11.5 Å². The first-order valence-corrected chi connectivity index (χ1v) is 6.06. The Bertz CT molecular complexity index is 655. The van der Waals surface area contributed by atoms with E-state index in [1.807, 2.05) is 36.4 Å². The zero-order valence-corrected chi connectivity index (χ0v) is 9.87. The zero-order chi connectivity index (χ0) is 11.8. The number of anilines is 2. The molecule has 0 fully saturated rings. The van der Waals surface area contributed by atoms with Gasteiger partial charge in [-0.2, -0.15) is 0 Å². The lowest BCUT2D eigenvalue weighted by molar-refractivity contribution is 1.48. The van der Waals surface area contributed by atoms with Gasteiger partial charge in [-0.25, -0.2) is 4.98 Å². The summed E-state index contributed by atoms with van der Waals surface area (Å²) in [6.45, 7) is 0. The molecule has 0 saturated carbocycles. The van der Waals surface area contributed by atoms with Crippen LogP contribution in [0.15, 0.2) is 42.5 Å². The van der Waals surface area contributed by atoms with E-state index in [2.05, 4.69) is 11.1 Å². The van der Waals surface area contributed by atoms with Crippen LogP contribution in [0.1, 0.15) is 0 Å². The number of thiazole rings is 1. The molecular weight excluding hydrogens is 230 g/mol. The zero-order valence-electron chi connectivity index (χ0n) is 9.05. The molecule has 0 unspecified atom stereocenters. The van der Waals surface area contributed by atoms with E-state index in [1.54, 1.807) is 11.3 Å². The fourth-order valence-electron chi connectivity index (χ4n) is 1.70. The maximum Gasteiger partial charge on any atom is 0.124 e. The van der Waals surface area contributed by atoms with Crippen LogP contribution in [0.4, 0.5) is 11.4 Å². The van der Waals surface area contributed by atoms with Crippen molar-refractivity contribution in [1.82, 2.24) is 4.98 Å². The minimum atomic E-state index is 0.599. The van der Waals surface area contributed by atoms with Crippen LogP contribution in [0.25, 0.3) is 20.8 Å². The number of benzene rings is 2. The monoisotopic (exact) mass is 241 g/mol. The third kappa shape index (κ3) is 1.72. The predicted molar refractivity (Wildman–Crippen MR) is 73.9 cm³/mol. The number of nitrogens with zero attached hydrogens (tertiary/aromatic N) is 1. The number of hydrogen-bond donors (Lipinski definition) is 2. The van der Waals surface area contributed by atoms with E-state index >= 15 is 0 Å². The van der Waals surface area contributed by atoms with Gasteiger partial charge in [-0.3, -0.25) is 0 Å². The normalized spacial score (nSPS) is 10.8. The first-order chi connectivity index (χ1) is 8.24. The Labute approximate surface area is 103 Å². The van der Waals surface area contributed by atoms with Gasteiger partial charge in [0.2, 0.25) is 0 Å². The van der Waals surface area contributed by atoms with Gasteiger partial charge in [0.25, 0.3) is 0 Å². The van der Waals surface area contributed by atoms with E-state index in [9.17, 15) is 0 Å². The summed E-state index contributed by atoms with van der Waals surface area (Å²) in [4.78, 5) is 4.58. The lowest BCUT2D eigenvalue weighted by Gasteiger charge is -2.01. The average molecular weight is 241 g/mol. The van der Waals surface area contributed by atoms with Gasteiger partial charge in [-0.15, -0.1) is 11.3 Å². The molecule has 1 aromatic heterocycles.